The van der Waals surface area contributed by atoms with E-state index < -0.39 is 19.0 Å². The molecule has 1 saturated heterocycles. The number of carbonyl (C=O) groups is 1. The van der Waals surface area contributed by atoms with Crippen molar-refractivity contribution in [1.82, 2.24) is 15.1 Å². The molecule has 27 heavy (non-hydrogen) atoms. The van der Waals surface area contributed by atoms with Crippen molar-refractivity contribution in [3.05, 3.63) is 64.3 Å². The summed E-state index contributed by atoms with van der Waals surface area (Å²) in [6.07, 6.45) is 11.3. The molecule has 3 aliphatic rings. The van der Waals surface area contributed by atoms with Gasteiger partial charge in [0.25, 0.3) is 11.8 Å². The monoisotopic (exact) mass is 365 g/mol. The Morgan fingerprint density at radius 3 is 2.78 bits per heavy atom. The SMILES string of the molecule is O=C(C1=CC2=c3ccc(-c4cn[nH]c4)cc3=CCCC2=C1)N1CC(F)(F)C1. The van der Waals surface area contributed by atoms with Crippen molar-refractivity contribution >= 4 is 17.6 Å². The average Bonchev–Trinajstić information content (AvgIpc) is 3.26. The quantitative estimate of drug-likeness (QED) is 0.887. The topological polar surface area (TPSA) is 49.0 Å². The van der Waals surface area contributed by atoms with Gasteiger partial charge in [-0.3, -0.25) is 9.89 Å². The maximum absolute atomic E-state index is 13.1. The number of aromatic amines is 1. The van der Waals surface area contributed by atoms with Crippen LogP contribution in [0.5, 0.6) is 0 Å². The van der Waals surface area contributed by atoms with E-state index in [1.807, 2.05) is 24.4 Å². The predicted octanol–water partition coefficient (Wildman–Crippen LogP) is 2.15. The fraction of sp³-hybridized carbons (Fsp3) is 0.238. The number of H-pyrrole nitrogens is 1. The van der Waals surface area contributed by atoms with Crippen molar-refractivity contribution in [3.8, 4) is 11.1 Å². The van der Waals surface area contributed by atoms with E-state index >= 15 is 0 Å². The van der Waals surface area contributed by atoms with Gasteiger partial charge in [0.2, 0.25) is 0 Å². The van der Waals surface area contributed by atoms with Crippen molar-refractivity contribution in [2.45, 2.75) is 18.8 Å². The highest BCUT2D eigenvalue weighted by Crippen LogP contribution is 2.33. The summed E-state index contributed by atoms with van der Waals surface area (Å²) in [5, 5.41) is 9.01. The summed E-state index contributed by atoms with van der Waals surface area (Å²) in [7, 11) is 0. The van der Waals surface area contributed by atoms with Crippen molar-refractivity contribution in [1.29, 1.82) is 0 Å². The number of aromatic nitrogens is 2. The van der Waals surface area contributed by atoms with Crippen LogP contribution >= 0.6 is 0 Å². The van der Waals surface area contributed by atoms with Gasteiger partial charge in [-0.1, -0.05) is 18.2 Å². The molecule has 1 aromatic heterocycles. The first-order chi connectivity index (χ1) is 13.0. The maximum Gasteiger partial charge on any atom is 0.282 e. The highest BCUT2D eigenvalue weighted by molar-refractivity contribution is 6.03. The van der Waals surface area contributed by atoms with Crippen molar-refractivity contribution < 1.29 is 13.6 Å². The lowest BCUT2D eigenvalue weighted by Gasteiger charge is -2.38. The Kier molecular flexibility index (Phi) is 3.44. The van der Waals surface area contributed by atoms with Gasteiger partial charge in [0.05, 0.1) is 19.3 Å². The number of nitrogens with zero attached hydrogens (tertiary/aromatic N) is 2. The van der Waals surface area contributed by atoms with E-state index in [1.54, 1.807) is 6.20 Å². The summed E-state index contributed by atoms with van der Waals surface area (Å²) in [5.74, 6) is -3.06. The normalized spacial score (nSPS) is 19.9. The second-order valence-electron chi connectivity index (χ2n) is 7.23. The van der Waals surface area contributed by atoms with Gasteiger partial charge in [-0.25, -0.2) is 8.78 Å². The zero-order chi connectivity index (χ0) is 18.6. The third kappa shape index (κ3) is 2.72. The van der Waals surface area contributed by atoms with Crippen LogP contribution in [0.3, 0.4) is 0 Å². The minimum atomic E-state index is -2.75. The molecule has 0 radical (unpaired) electrons. The van der Waals surface area contributed by atoms with Gasteiger partial charge in [-0.15, -0.1) is 0 Å². The molecule has 1 fully saturated rings. The lowest BCUT2D eigenvalue weighted by atomic mass is 10.0. The van der Waals surface area contributed by atoms with E-state index in [2.05, 4.69) is 28.4 Å². The molecule has 0 saturated carbocycles. The smallest absolute Gasteiger partial charge is 0.282 e. The predicted molar refractivity (Wildman–Crippen MR) is 98.1 cm³/mol. The number of alkyl halides is 2. The molecule has 2 aliphatic carbocycles. The molecule has 1 amide bonds. The molecule has 2 aromatic rings. The second kappa shape index (κ2) is 5.74. The van der Waals surface area contributed by atoms with E-state index in [1.165, 1.54) is 4.90 Å². The van der Waals surface area contributed by atoms with Crippen molar-refractivity contribution in [2.24, 2.45) is 0 Å². The number of benzene rings is 1. The average molecular weight is 365 g/mol. The molecule has 1 N–H and O–H groups in total. The molecule has 1 aliphatic heterocycles. The summed E-state index contributed by atoms with van der Waals surface area (Å²) in [6.45, 7) is -0.972. The summed E-state index contributed by atoms with van der Waals surface area (Å²) in [6, 6.07) is 6.22. The minimum absolute atomic E-state index is 0.311. The van der Waals surface area contributed by atoms with Crippen LogP contribution in [-0.2, 0) is 4.79 Å². The number of hydrogen-bond acceptors (Lipinski definition) is 2. The first-order valence-corrected chi connectivity index (χ1v) is 8.94. The van der Waals surface area contributed by atoms with Crippen molar-refractivity contribution in [3.63, 3.8) is 0 Å². The Bertz CT molecular complexity index is 1120. The van der Waals surface area contributed by atoms with Gasteiger partial charge in [-0.2, -0.15) is 5.10 Å². The number of hydrogen-bond donors (Lipinski definition) is 1. The maximum atomic E-state index is 13.1. The molecular weight excluding hydrogens is 348 g/mol. The molecule has 0 atom stereocenters. The second-order valence-corrected chi connectivity index (χ2v) is 7.23. The van der Waals surface area contributed by atoms with E-state index in [-0.39, 0.29) is 5.91 Å². The van der Waals surface area contributed by atoms with Crippen LogP contribution < -0.4 is 10.4 Å². The number of fused-ring (bicyclic) bond motifs is 2. The molecule has 136 valence electrons. The summed E-state index contributed by atoms with van der Waals surface area (Å²) in [4.78, 5) is 13.7. The fourth-order valence-corrected chi connectivity index (χ4v) is 3.92. The molecule has 0 spiro atoms. The Morgan fingerprint density at radius 1 is 1.19 bits per heavy atom. The zero-order valence-corrected chi connectivity index (χ0v) is 14.5. The molecule has 5 rings (SSSR count). The molecule has 1 aromatic carbocycles. The summed E-state index contributed by atoms with van der Waals surface area (Å²) >= 11 is 0. The van der Waals surface area contributed by atoms with Gasteiger partial charge in [-0.05, 0) is 58.2 Å². The van der Waals surface area contributed by atoms with Gasteiger partial charge in [0.1, 0.15) is 0 Å². The molecule has 0 bridgehead atoms. The Morgan fingerprint density at radius 2 is 2.04 bits per heavy atom. The lowest BCUT2D eigenvalue weighted by molar-refractivity contribution is -0.161. The number of nitrogens with one attached hydrogen (secondary N) is 1. The number of carbonyl (C=O) groups excluding carboxylic acids is 1. The van der Waals surface area contributed by atoms with Crippen LogP contribution in [0.25, 0.3) is 22.8 Å². The Labute approximate surface area is 154 Å². The number of amides is 1. The highest BCUT2D eigenvalue weighted by Gasteiger charge is 2.46. The number of allylic oxidation sites excluding steroid dienone is 2. The number of rotatable bonds is 2. The first kappa shape index (κ1) is 16.2. The van der Waals surface area contributed by atoms with E-state index in [9.17, 15) is 13.6 Å². The Balaban J connectivity index is 1.56. The largest absolute Gasteiger partial charge is 0.326 e. The Hall–Kier alpha value is -3.02. The first-order valence-electron chi connectivity index (χ1n) is 8.94. The van der Waals surface area contributed by atoms with Gasteiger partial charge < -0.3 is 4.90 Å². The van der Waals surface area contributed by atoms with Gasteiger partial charge in [0.15, 0.2) is 0 Å². The highest BCUT2D eigenvalue weighted by atomic mass is 19.3. The van der Waals surface area contributed by atoms with Crippen LogP contribution in [-0.4, -0.2) is 40.0 Å². The third-order valence-electron chi connectivity index (χ3n) is 5.31. The third-order valence-corrected chi connectivity index (χ3v) is 5.31. The standard InChI is InChI=1S/C21H17F2N3O/c22-21(23)11-26(12-21)20(27)16-7-15-3-1-2-14-6-13(17-9-24-25-10-17)4-5-18(14)19(15)8-16/h2,4-10H,1,3,11-12H2,(H,24,25). The van der Waals surface area contributed by atoms with Gasteiger partial charge >= 0.3 is 0 Å². The zero-order valence-electron chi connectivity index (χ0n) is 14.5. The number of halogens is 2. The van der Waals surface area contributed by atoms with Crippen LogP contribution in [0.1, 0.15) is 12.8 Å². The fourth-order valence-electron chi connectivity index (χ4n) is 3.92. The number of likely N-dealkylation sites (tertiary alicyclic amines) is 1. The van der Waals surface area contributed by atoms with Crippen LogP contribution in [0, 0.1) is 0 Å². The lowest BCUT2D eigenvalue weighted by Crippen LogP contribution is -2.58. The van der Waals surface area contributed by atoms with E-state index in [0.717, 1.165) is 45.6 Å². The molecule has 4 nitrogen and oxygen atoms in total. The molecular formula is C21H17F2N3O. The molecule has 6 heteroatoms. The van der Waals surface area contributed by atoms with Gasteiger partial charge in [0, 0.05) is 17.3 Å². The molecule has 2 heterocycles. The van der Waals surface area contributed by atoms with Crippen LogP contribution in [0.15, 0.2) is 53.9 Å². The summed E-state index contributed by atoms with van der Waals surface area (Å²) in [5.41, 5.74) is 4.72. The van der Waals surface area contributed by atoms with Crippen molar-refractivity contribution in [2.75, 3.05) is 13.1 Å². The van der Waals surface area contributed by atoms with E-state index in [4.69, 9.17) is 0 Å². The minimum Gasteiger partial charge on any atom is -0.326 e. The summed E-state index contributed by atoms with van der Waals surface area (Å²) < 4.78 is 26.2. The molecule has 0 unspecified atom stereocenters. The van der Waals surface area contributed by atoms with Crippen LogP contribution in [0.4, 0.5) is 8.78 Å². The van der Waals surface area contributed by atoms with Crippen LogP contribution in [0.2, 0.25) is 0 Å². The van der Waals surface area contributed by atoms with E-state index in [0.29, 0.717) is 5.57 Å².